The summed E-state index contributed by atoms with van der Waals surface area (Å²) in [6, 6.07) is 10.4. The van der Waals surface area contributed by atoms with Gasteiger partial charge >= 0.3 is 0 Å². The summed E-state index contributed by atoms with van der Waals surface area (Å²) in [5, 5.41) is 10.6. The van der Waals surface area contributed by atoms with Gasteiger partial charge in [-0.3, -0.25) is 4.99 Å². The van der Waals surface area contributed by atoms with Crippen LogP contribution in [0.3, 0.4) is 0 Å². The first-order chi connectivity index (χ1) is 12.2. The van der Waals surface area contributed by atoms with E-state index < -0.39 is 0 Å². The first kappa shape index (κ1) is 17.1. The summed E-state index contributed by atoms with van der Waals surface area (Å²) in [6.45, 7) is 4.40. The molecule has 1 aliphatic heterocycles. The SMILES string of the molecule is CN=C(NCc1cc(C)no1)NC1CCN(c2cccc(OC)c2)C1. The van der Waals surface area contributed by atoms with E-state index in [1.807, 2.05) is 25.1 Å². The molecule has 0 bridgehead atoms. The molecular weight excluding hydrogens is 318 g/mol. The van der Waals surface area contributed by atoms with Crippen molar-refractivity contribution < 1.29 is 9.26 Å². The highest BCUT2D eigenvalue weighted by atomic mass is 16.5. The molecule has 134 valence electrons. The Kier molecular flexibility index (Phi) is 5.42. The quantitative estimate of drug-likeness (QED) is 0.638. The smallest absolute Gasteiger partial charge is 0.191 e. The third-order valence-corrected chi connectivity index (χ3v) is 4.28. The van der Waals surface area contributed by atoms with Crippen molar-refractivity contribution in [2.45, 2.75) is 25.9 Å². The number of hydrogen-bond donors (Lipinski definition) is 2. The minimum absolute atomic E-state index is 0.342. The van der Waals surface area contributed by atoms with Crippen molar-refractivity contribution in [3.63, 3.8) is 0 Å². The molecule has 1 unspecified atom stereocenters. The van der Waals surface area contributed by atoms with Crippen LogP contribution in [-0.2, 0) is 6.54 Å². The molecule has 1 aromatic heterocycles. The number of aromatic nitrogens is 1. The zero-order chi connectivity index (χ0) is 17.6. The Morgan fingerprint density at radius 3 is 3.04 bits per heavy atom. The maximum absolute atomic E-state index is 5.31. The molecule has 7 nitrogen and oxygen atoms in total. The second-order valence-corrected chi connectivity index (χ2v) is 6.14. The summed E-state index contributed by atoms with van der Waals surface area (Å²) >= 11 is 0. The minimum atomic E-state index is 0.342. The summed E-state index contributed by atoms with van der Waals surface area (Å²) < 4.78 is 10.5. The monoisotopic (exact) mass is 343 g/mol. The number of ether oxygens (including phenoxy) is 1. The van der Waals surface area contributed by atoms with Crippen molar-refractivity contribution in [3.05, 3.63) is 41.8 Å². The molecule has 2 heterocycles. The van der Waals surface area contributed by atoms with Crippen LogP contribution in [0.25, 0.3) is 0 Å². The van der Waals surface area contributed by atoms with Gasteiger partial charge in [0, 0.05) is 44.0 Å². The molecule has 1 aromatic carbocycles. The van der Waals surface area contributed by atoms with Gasteiger partial charge in [-0.15, -0.1) is 0 Å². The molecule has 7 heteroatoms. The summed E-state index contributed by atoms with van der Waals surface area (Å²) in [6.07, 6.45) is 1.05. The second-order valence-electron chi connectivity index (χ2n) is 6.14. The van der Waals surface area contributed by atoms with Gasteiger partial charge in [0.2, 0.25) is 0 Å². The third kappa shape index (κ3) is 4.43. The molecule has 0 amide bonds. The summed E-state index contributed by atoms with van der Waals surface area (Å²) in [5.74, 6) is 2.45. The second kappa shape index (κ2) is 7.92. The van der Waals surface area contributed by atoms with Crippen LogP contribution >= 0.6 is 0 Å². The maximum Gasteiger partial charge on any atom is 0.191 e. The molecule has 1 fully saturated rings. The molecule has 1 aliphatic rings. The van der Waals surface area contributed by atoms with Crippen LogP contribution in [-0.4, -0.2) is 44.4 Å². The van der Waals surface area contributed by atoms with Crippen LogP contribution in [0.2, 0.25) is 0 Å². The Morgan fingerprint density at radius 2 is 2.32 bits per heavy atom. The largest absolute Gasteiger partial charge is 0.497 e. The van der Waals surface area contributed by atoms with Gasteiger partial charge < -0.3 is 24.8 Å². The standard InChI is InChI=1S/C18H25N5O2/c1-13-9-17(25-22-13)11-20-18(19-2)21-14-7-8-23(12-14)15-5-4-6-16(10-15)24-3/h4-6,9-10,14H,7-8,11-12H2,1-3H3,(H2,19,20,21). The predicted molar refractivity (Wildman–Crippen MR) is 98.2 cm³/mol. The number of anilines is 1. The van der Waals surface area contributed by atoms with Crippen molar-refractivity contribution >= 4 is 11.6 Å². The van der Waals surface area contributed by atoms with Gasteiger partial charge in [-0.25, -0.2) is 0 Å². The summed E-state index contributed by atoms with van der Waals surface area (Å²) in [4.78, 5) is 6.65. The van der Waals surface area contributed by atoms with Gasteiger partial charge in [0.25, 0.3) is 0 Å². The predicted octanol–water partition coefficient (Wildman–Crippen LogP) is 1.94. The highest BCUT2D eigenvalue weighted by Gasteiger charge is 2.23. The fraction of sp³-hybridized carbons (Fsp3) is 0.444. The summed E-state index contributed by atoms with van der Waals surface area (Å²) in [7, 11) is 3.47. The maximum atomic E-state index is 5.31. The summed E-state index contributed by atoms with van der Waals surface area (Å²) in [5.41, 5.74) is 2.06. The lowest BCUT2D eigenvalue weighted by Crippen LogP contribution is -2.44. The molecule has 2 aromatic rings. The van der Waals surface area contributed by atoms with Crippen LogP contribution in [0.5, 0.6) is 5.75 Å². The third-order valence-electron chi connectivity index (χ3n) is 4.28. The van der Waals surface area contributed by atoms with Crippen molar-refractivity contribution in [3.8, 4) is 5.75 Å². The van der Waals surface area contributed by atoms with Gasteiger partial charge in [-0.2, -0.15) is 0 Å². The van der Waals surface area contributed by atoms with Crippen molar-refractivity contribution in [1.29, 1.82) is 0 Å². The van der Waals surface area contributed by atoms with E-state index in [1.165, 1.54) is 5.69 Å². The number of guanidine groups is 1. The van der Waals surface area contributed by atoms with E-state index in [0.29, 0.717) is 12.6 Å². The first-order valence-corrected chi connectivity index (χ1v) is 8.46. The van der Waals surface area contributed by atoms with E-state index in [1.54, 1.807) is 14.2 Å². The van der Waals surface area contributed by atoms with E-state index >= 15 is 0 Å². The molecule has 0 saturated carbocycles. The van der Waals surface area contributed by atoms with Gasteiger partial charge in [-0.05, 0) is 25.5 Å². The Labute approximate surface area is 148 Å². The molecule has 1 atom stereocenters. The lowest BCUT2D eigenvalue weighted by atomic mass is 10.2. The van der Waals surface area contributed by atoms with Crippen molar-refractivity contribution in [2.24, 2.45) is 4.99 Å². The molecule has 25 heavy (non-hydrogen) atoms. The van der Waals surface area contributed by atoms with Gasteiger partial charge in [0.1, 0.15) is 5.75 Å². The first-order valence-electron chi connectivity index (χ1n) is 8.46. The molecule has 0 spiro atoms. The highest BCUT2D eigenvalue weighted by Crippen LogP contribution is 2.24. The van der Waals surface area contributed by atoms with Crippen LogP contribution in [0.15, 0.2) is 39.8 Å². The van der Waals surface area contributed by atoms with E-state index in [0.717, 1.165) is 42.7 Å². The van der Waals surface area contributed by atoms with Crippen molar-refractivity contribution in [1.82, 2.24) is 15.8 Å². The van der Waals surface area contributed by atoms with Crippen LogP contribution in [0.1, 0.15) is 17.9 Å². The Bertz CT molecular complexity index is 728. The van der Waals surface area contributed by atoms with E-state index in [-0.39, 0.29) is 0 Å². The van der Waals surface area contributed by atoms with E-state index in [4.69, 9.17) is 9.26 Å². The van der Waals surface area contributed by atoms with Gasteiger partial charge in [0.15, 0.2) is 11.7 Å². The Balaban J connectivity index is 1.52. The average Bonchev–Trinajstić information content (AvgIpc) is 3.27. The highest BCUT2D eigenvalue weighted by molar-refractivity contribution is 5.80. The normalized spacial score (nSPS) is 17.6. The van der Waals surface area contributed by atoms with Crippen LogP contribution < -0.4 is 20.3 Å². The van der Waals surface area contributed by atoms with Crippen LogP contribution in [0.4, 0.5) is 5.69 Å². The van der Waals surface area contributed by atoms with Gasteiger partial charge in [0.05, 0.1) is 19.3 Å². The lowest BCUT2D eigenvalue weighted by molar-refractivity contribution is 0.376. The molecule has 2 N–H and O–H groups in total. The Morgan fingerprint density at radius 1 is 1.44 bits per heavy atom. The number of rotatable bonds is 5. The molecule has 0 aliphatic carbocycles. The number of nitrogens with zero attached hydrogens (tertiary/aromatic N) is 3. The zero-order valence-corrected chi connectivity index (χ0v) is 15.0. The number of methoxy groups -OCH3 is 1. The van der Waals surface area contributed by atoms with Gasteiger partial charge in [-0.1, -0.05) is 11.2 Å². The lowest BCUT2D eigenvalue weighted by Gasteiger charge is -2.20. The fourth-order valence-corrected chi connectivity index (χ4v) is 2.98. The molecule has 3 rings (SSSR count). The number of nitrogens with one attached hydrogen (secondary N) is 2. The zero-order valence-electron chi connectivity index (χ0n) is 15.0. The number of hydrogen-bond acceptors (Lipinski definition) is 5. The number of aliphatic imine (C=N–C) groups is 1. The molecular formula is C18H25N5O2. The number of benzene rings is 1. The average molecular weight is 343 g/mol. The Hall–Kier alpha value is -2.70. The minimum Gasteiger partial charge on any atom is -0.497 e. The van der Waals surface area contributed by atoms with Crippen LogP contribution in [0, 0.1) is 6.92 Å². The van der Waals surface area contributed by atoms with E-state index in [2.05, 4.69) is 37.8 Å². The van der Waals surface area contributed by atoms with Crippen molar-refractivity contribution in [2.75, 3.05) is 32.1 Å². The molecule has 1 saturated heterocycles. The number of aryl methyl sites for hydroxylation is 1. The van der Waals surface area contributed by atoms with E-state index in [9.17, 15) is 0 Å². The topological polar surface area (TPSA) is 74.9 Å². The fourth-order valence-electron chi connectivity index (χ4n) is 2.98. The molecule has 0 radical (unpaired) electrons.